The maximum Gasteiger partial charge on any atom is 0.306 e. The molecule has 3 unspecified atom stereocenters. The number of amides is 1. The molecule has 0 aromatic carbocycles. The molecule has 0 radical (unpaired) electrons. The molecule has 65 heavy (non-hydrogen) atoms. The highest BCUT2D eigenvalue weighted by atomic mass is 16.5. The van der Waals surface area contributed by atoms with Gasteiger partial charge in [-0.25, -0.2) is 0 Å². The number of carbonyl (C=O) groups is 2. The predicted octanol–water partition coefficient (Wildman–Crippen LogP) is 15.8. The average Bonchev–Trinajstić information content (AvgIpc) is 3.30. The maximum absolute atomic E-state index is 13.2. The second kappa shape index (κ2) is 51.0. The Morgan fingerprint density at radius 2 is 0.908 bits per heavy atom. The van der Waals surface area contributed by atoms with Crippen LogP contribution in [0.1, 0.15) is 201 Å². The van der Waals surface area contributed by atoms with E-state index >= 15 is 0 Å². The highest BCUT2D eigenvalue weighted by molar-refractivity contribution is 5.77. The standard InChI is InChI=1S/C59H95NO5/c1-4-7-10-13-16-19-22-25-28-31-34-37-40-43-46-49-52-59(64)65-55(50-47-44-41-38-35-32-29-26-23-20-17-14-11-8-5-2)53-58(63)60-56(54-61)57(62)51-48-45-42-39-36-33-30-27-24-21-18-15-12-9-6-3/h7-8,10-11,14,16-17,19-20,23,25-26,28-29,32,34-35,37-38,41,43,46,55-57,61-62H,4-6,9,12-13,15,18,21-22,24,27,30-31,33,36,39-40,42,44-45,47-54H2,1-3H3,(H,60,63)/b10-7+,11-8-,17-14+,19-16+,23-20+,28-25+,29-26-,35-32+,37-34+,41-38+,46-43+. The molecule has 0 aliphatic heterocycles. The Bertz CT molecular complexity index is 1420. The molecule has 0 aromatic rings. The first-order valence-electron chi connectivity index (χ1n) is 26.0. The minimum atomic E-state index is -0.829. The average molecular weight is 898 g/mol. The second-order valence-electron chi connectivity index (χ2n) is 17.0. The third kappa shape index (κ3) is 46.3. The Balaban J connectivity index is 4.84. The summed E-state index contributed by atoms with van der Waals surface area (Å²) in [7, 11) is 0. The number of unbranched alkanes of at least 4 members (excludes halogenated alkanes) is 15. The zero-order chi connectivity index (χ0) is 47.4. The minimum absolute atomic E-state index is 0.0123. The summed E-state index contributed by atoms with van der Waals surface area (Å²) >= 11 is 0. The number of hydrogen-bond acceptors (Lipinski definition) is 5. The fraction of sp³-hybridized carbons (Fsp3) is 0.593. The van der Waals surface area contributed by atoms with Gasteiger partial charge in [0.05, 0.1) is 25.2 Å². The monoisotopic (exact) mass is 898 g/mol. The van der Waals surface area contributed by atoms with Crippen LogP contribution in [0.2, 0.25) is 0 Å². The van der Waals surface area contributed by atoms with Crippen LogP contribution in [0.25, 0.3) is 0 Å². The van der Waals surface area contributed by atoms with Crippen molar-refractivity contribution in [1.29, 1.82) is 0 Å². The van der Waals surface area contributed by atoms with Crippen molar-refractivity contribution in [2.75, 3.05) is 6.61 Å². The molecule has 0 aliphatic rings. The summed E-state index contributed by atoms with van der Waals surface area (Å²) < 4.78 is 5.85. The lowest BCUT2D eigenvalue weighted by atomic mass is 10.0. The van der Waals surface area contributed by atoms with Crippen LogP contribution in [-0.4, -0.2) is 46.9 Å². The fourth-order valence-electron chi connectivity index (χ4n) is 7.05. The van der Waals surface area contributed by atoms with E-state index in [1.165, 1.54) is 77.0 Å². The number of carbonyl (C=O) groups excluding carboxylic acids is 2. The summed E-state index contributed by atoms with van der Waals surface area (Å²) in [6, 6.07) is -0.750. The van der Waals surface area contributed by atoms with Gasteiger partial charge in [-0.1, -0.05) is 251 Å². The smallest absolute Gasteiger partial charge is 0.306 e. The molecule has 0 rings (SSSR count). The summed E-state index contributed by atoms with van der Waals surface area (Å²) in [6.07, 6.45) is 72.3. The lowest BCUT2D eigenvalue weighted by Gasteiger charge is -2.24. The topological polar surface area (TPSA) is 95.9 Å². The van der Waals surface area contributed by atoms with Gasteiger partial charge >= 0.3 is 5.97 Å². The van der Waals surface area contributed by atoms with Gasteiger partial charge in [-0.2, -0.15) is 0 Å². The van der Waals surface area contributed by atoms with E-state index in [1.54, 1.807) is 0 Å². The summed E-state index contributed by atoms with van der Waals surface area (Å²) in [5.74, 6) is -0.662. The Morgan fingerprint density at radius 1 is 0.477 bits per heavy atom. The van der Waals surface area contributed by atoms with Crippen LogP contribution in [0.3, 0.4) is 0 Å². The van der Waals surface area contributed by atoms with Crippen molar-refractivity contribution in [3.05, 3.63) is 134 Å². The van der Waals surface area contributed by atoms with Crippen LogP contribution in [0.5, 0.6) is 0 Å². The van der Waals surface area contributed by atoms with Gasteiger partial charge in [-0.3, -0.25) is 9.59 Å². The van der Waals surface area contributed by atoms with Crippen LogP contribution in [0.4, 0.5) is 0 Å². The molecular formula is C59H95NO5. The number of esters is 1. The van der Waals surface area contributed by atoms with E-state index in [0.717, 1.165) is 70.6 Å². The number of hydrogen-bond donors (Lipinski definition) is 3. The minimum Gasteiger partial charge on any atom is -0.462 e. The van der Waals surface area contributed by atoms with Crippen LogP contribution in [-0.2, 0) is 14.3 Å². The van der Waals surface area contributed by atoms with Gasteiger partial charge in [0.15, 0.2) is 0 Å². The van der Waals surface area contributed by atoms with Crippen molar-refractivity contribution in [3.63, 3.8) is 0 Å². The van der Waals surface area contributed by atoms with Gasteiger partial charge in [0.2, 0.25) is 5.91 Å². The molecule has 3 atom stereocenters. The van der Waals surface area contributed by atoms with Gasteiger partial charge in [0.1, 0.15) is 6.10 Å². The van der Waals surface area contributed by atoms with Gasteiger partial charge in [0.25, 0.3) is 0 Å². The fourth-order valence-corrected chi connectivity index (χ4v) is 7.05. The third-order valence-electron chi connectivity index (χ3n) is 10.9. The second-order valence-corrected chi connectivity index (χ2v) is 17.0. The molecule has 0 heterocycles. The maximum atomic E-state index is 13.2. The van der Waals surface area contributed by atoms with Gasteiger partial charge in [-0.15, -0.1) is 0 Å². The van der Waals surface area contributed by atoms with Crippen LogP contribution < -0.4 is 5.32 Å². The summed E-state index contributed by atoms with van der Waals surface area (Å²) in [5.41, 5.74) is 0. The largest absolute Gasteiger partial charge is 0.462 e. The molecule has 0 spiro atoms. The Morgan fingerprint density at radius 3 is 1.38 bits per heavy atom. The van der Waals surface area contributed by atoms with E-state index in [-0.39, 0.29) is 31.3 Å². The molecule has 6 nitrogen and oxygen atoms in total. The number of nitrogens with one attached hydrogen (secondary N) is 1. The number of aliphatic hydroxyl groups excluding tert-OH is 2. The van der Waals surface area contributed by atoms with Crippen molar-refractivity contribution >= 4 is 11.9 Å². The summed E-state index contributed by atoms with van der Waals surface area (Å²) in [4.78, 5) is 26.1. The van der Waals surface area contributed by atoms with Crippen LogP contribution >= 0.6 is 0 Å². The molecule has 0 saturated heterocycles. The molecule has 0 fully saturated rings. The highest BCUT2D eigenvalue weighted by Gasteiger charge is 2.23. The number of allylic oxidation sites excluding steroid dienone is 22. The molecule has 0 aliphatic carbocycles. The van der Waals surface area contributed by atoms with Crippen molar-refractivity contribution in [2.45, 2.75) is 219 Å². The third-order valence-corrected chi connectivity index (χ3v) is 10.9. The number of aliphatic hydroxyl groups is 2. The van der Waals surface area contributed by atoms with E-state index in [4.69, 9.17) is 4.74 Å². The van der Waals surface area contributed by atoms with Crippen molar-refractivity contribution in [1.82, 2.24) is 5.32 Å². The Labute approximate surface area is 399 Å². The number of rotatable bonds is 44. The van der Waals surface area contributed by atoms with E-state index in [0.29, 0.717) is 19.3 Å². The first-order chi connectivity index (χ1) is 32.0. The lowest BCUT2D eigenvalue weighted by molar-refractivity contribution is -0.150. The SMILES string of the molecule is CC\C=C/C=C/C=C/C=C\C=C\C=C\CCCC(CC(=O)NC(CO)C(O)CCCCCCCCCCCCCCCCC)OC(=O)CC/C=C/C/C=C/C/C=C/C/C=C/C/C=C/CC. The van der Waals surface area contributed by atoms with E-state index in [1.807, 2.05) is 66.8 Å². The van der Waals surface area contributed by atoms with E-state index in [2.05, 4.69) is 92.9 Å². The summed E-state index contributed by atoms with van der Waals surface area (Å²) in [6.45, 7) is 6.18. The first-order valence-corrected chi connectivity index (χ1v) is 26.0. The van der Waals surface area contributed by atoms with Crippen LogP contribution in [0, 0.1) is 0 Å². The molecule has 0 saturated carbocycles. The van der Waals surface area contributed by atoms with Crippen LogP contribution in [0.15, 0.2) is 134 Å². The Hall–Kier alpha value is -4.00. The summed E-state index contributed by atoms with van der Waals surface area (Å²) in [5, 5.41) is 23.8. The van der Waals surface area contributed by atoms with Crippen molar-refractivity contribution < 1.29 is 24.5 Å². The van der Waals surface area contributed by atoms with Crippen molar-refractivity contribution in [3.8, 4) is 0 Å². The molecular weight excluding hydrogens is 803 g/mol. The van der Waals surface area contributed by atoms with Crippen molar-refractivity contribution in [2.24, 2.45) is 0 Å². The lowest BCUT2D eigenvalue weighted by Crippen LogP contribution is -2.46. The molecule has 6 heteroatoms. The molecule has 366 valence electrons. The quantitative estimate of drug-likeness (QED) is 0.0245. The normalized spacial score (nSPS) is 14.4. The Kier molecular flexibility index (Phi) is 47.9. The zero-order valence-electron chi connectivity index (χ0n) is 41.6. The van der Waals surface area contributed by atoms with Gasteiger partial charge in [-0.05, 0) is 70.6 Å². The van der Waals surface area contributed by atoms with E-state index < -0.39 is 18.2 Å². The van der Waals surface area contributed by atoms with Gasteiger partial charge < -0.3 is 20.3 Å². The molecule has 0 bridgehead atoms. The first kappa shape index (κ1) is 61.0. The highest BCUT2D eigenvalue weighted by Crippen LogP contribution is 2.16. The molecule has 0 aromatic heterocycles. The molecule has 3 N–H and O–H groups in total. The molecule has 1 amide bonds. The van der Waals surface area contributed by atoms with Gasteiger partial charge in [0, 0.05) is 6.42 Å². The van der Waals surface area contributed by atoms with E-state index in [9.17, 15) is 19.8 Å². The number of ether oxygens (including phenoxy) is 1. The predicted molar refractivity (Wildman–Crippen MR) is 282 cm³/mol. The zero-order valence-corrected chi connectivity index (χ0v) is 41.6.